The summed E-state index contributed by atoms with van der Waals surface area (Å²) in [6.45, 7) is 0. The highest BCUT2D eigenvalue weighted by molar-refractivity contribution is 7.76. The molecule has 1 N–H and O–H groups in total. The molecule has 0 heterocycles. The van der Waals surface area contributed by atoms with Crippen LogP contribution < -0.4 is 0 Å². The molecule has 0 aromatic rings. The summed E-state index contributed by atoms with van der Waals surface area (Å²) in [6.07, 6.45) is 0. The topological polar surface area (TPSA) is 37.3 Å². The van der Waals surface area contributed by atoms with Crippen molar-refractivity contribution in [1.82, 2.24) is 0 Å². The van der Waals surface area contributed by atoms with Crippen LogP contribution in [0.1, 0.15) is 0 Å². The summed E-state index contributed by atoms with van der Waals surface area (Å²) in [5.74, 6) is 2.70. The maximum absolute atomic E-state index is 9.04. The quantitative estimate of drug-likeness (QED) is 0.300. The van der Waals surface area contributed by atoms with Crippen molar-refractivity contribution in [2.75, 3.05) is 0 Å². The molecule has 1 atom stereocenters. The van der Waals surface area contributed by atoms with E-state index in [0.29, 0.717) is 0 Å². The van der Waals surface area contributed by atoms with Gasteiger partial charge in [-0.25, -0.2) is 4.21 Å². The normalized spacial score (nSPS) is 15.2. The van der Waals surface area contributed by atoms with E-state index in [1.54, 1.807) is 0 Å². The summed E-state index contributed by atoms with van der Waals surface area (Å²) in [5.41, 5.74) is 0. The van der Waals surface area contributed by atoms with Crippen LogP contribution >= 0.6 is 0 Å². The minimum Gasteiger partial charge on any atom is -0.316 e. The molecular formula is CH4O2S. The Kier molecular flexibility index (Phi) is 1.31. The summed E-state index contributed by atoms with van der Waals surface area (Å²) < 4.78 is 16.5. The van der Waals surface area contributed by atoms with Crippen molar-refractivity contribution in [3.8, 4) is 0 Å². The first-order chi connectivity index (χ1) is 1.73. The standard InChI is InChI=1S/CH4O2S/c1-4(2)3/h4H,1H2,(H,2,3). The molecule has 26 valence electrons. The van der Waals surface area contributed by atoms with Crippen molar-refractivity contribution >= 4 is 16.5 Å². The molecule has 0 saturated heterocycles. The van der Waals surface area contributed by atoms with Gasteiger partial charge < -0.3 is 4.55 Å². The lowest BCUT2D eigenvalue weighted by Crippen LogP contribution is -1.57. The van der Waals surface area contributed by atoms with Crippen molar-refractivity contribution < 1.29 is 8.76 Å². The Hall–Kier alpha value is -0.0200. The smallest absolute Gasteiger partial charge is 0.0634 e. The molecule has 2 nitrogen and oxygen atoms in total. The van der Waals surface area contributed by atoms with Gasteiger partial charge in [0.25, 0.3) is 0 Å². The Labute approximate surface area is 26.3 Å². The highest BCUT2D eigenvalue weighted by atomic mass is 32.2. The van der Waals surface area contributed by atoms with Crippen LogP contribution in [0.5, 0.6) is 0 Å². The number of thiol groups is 1. The third-order valence-corrected chi connectivity index (χ3v) is 0. The first-order valence-electron chi connectivity index (χ1n) is 0.699. The Morgan fingerprint density at radius 3 is 2.00 bits per heavy atom. The van der Waals surface area contributed by atoms with Gasteiger partial charge in [-0.1, -0.05) is 0 Å². The van der Waals surface area contributed by atoms with Gasteiger partial charge in [0.1, 0.15) is 0 Å². The summed E-state index contributed by atoms with van der Waals surface area (Å²) >= 11 is 0. The predicted molar refractivity (Wildman–Crippen MR) is 19.3 cm³/mol. The zero-order valence-corrected chi connectivity index (χ0v) is 2.90. The Balaban J connectivity index is 3.51. The first kappa shape index (κ1) is 3.98. The lowest BCUT2D eigenvalue weighted by atomic mass is 12.0. The average molecular weight is 80.1 g/mol. The molecule has 0 saturated carbocycles. The molecule has 0 bridgehead atoms. The Morgan fingerprint density at radius 2 is 2.00 bits per heavy atom. The van der Waals surface area contributed by atoms with Gasteiger partial charge in [0.2, 0.25) is 0 Å². The summed E-state index contributed by atoms with van der Waals surface area (Å²) in [5, 5.41) is 0. The van der Waals surface area contributed by atoms with Crippen LogP contribution in [0.25, 0.3) is 0 Å². The van der Waals surface area contributed by atoms with Crippen LogP contribution in [0.3, 0.4) is 0 Å². The second-order valence-corrected chi connectivity index (χ2v) is 1.06. The van der Waals surface area contributed by atoms with E-state index in [1.807, 2.05) is 0 Å². The van der Waals surface area contributed by atoms with Crippen LogP contribution in [-0.4, -0.2) is 14.6 Å². The van der Waals surface area contributed by atoms with Crippen LogP contribution in [0, 0.1) is 0 Å². The Morgan fingerprint density at radius 1 is 2.00 bits per heavy atom. The zero-order chi connectivity index (χ0) is 3.58. The monoisotopic (exact) mass is 80.0 g/mol. The van der Waals surface area contributed by atoms with E-state index in [-0.39, 0.29) is 0 Å². The fraction of sp³-hybridized carbons (Fsp3) is 0. The van der Waals surface area contributed by atoms with Gasteiger partial charge in [-0.05, 0) is 5.87 Å². The number of hydrogen-bond donors (Lipinski definition) is 2. The molecule has 0 aliphatic heterocycles. The first-order valence-corrected chi connectivity index (χ1v) is 2.10. The largest absolute Gasteiger partial charge is 0.316 e. The van der Waals surface area contributed by atoms with Crippen molar-refractivity contribution in [3.05, 3.63) is 0 Å². The molecule has 0 rings (SSSR count). The third kappa shape index (κ3) is 4750. The summed E-state index contributed by atoms with van der Waals surface area (Å²) in [6, 6.07) is 0. The van der Waals surface area contributed by atoms with Gasteiger partial charge in [0.15, 0.2) is 0 Å². The molecule has 1 unspecified atom stereocenters. The molecule has 4 heavy (non-hydrogen) atoms. The molecular weight excluding hydrogens is 76.1 g/mol. The van der Waals surface area contributed by atoms with Gasteiger partial charge in [-0.2, -0.15) is 0 Å². The van der Waals surface area contributed by atoms with Gasteiger partial charge >= 0.3 is 0 Å². The summed E-state index contributed by atoms with van der Waals surface area (Å²) in [4.78, 5) is 0. The van der Waals surface area contributed by atoms with E-state index in [2.05, 4.69) is 5.87 Å². The molecule has 0 spiro atoms. The minimum absolute atomic E-state index is 2.12. The lowest BCUT2D eigenvalue weighted by Gasteiger charge is -1.51. The van der Waals surface area contributed by atoms with Gasteiger partial charge in [0, 0.05) is 0 Å². The average Bonchev–Trinajstić information content (AvgIpc) is 0.811. The lowest BCUT2D eigenvalue weighted by molar-refractivity contribution is 0.582. The van der Waals surface area contributed by atoms with E-state index < -0.39 is 10.7 Å². The van der Waals surface area contributed by atoms with Crippen LogP contribution in [0.2, 0.25) is 0 Å². The molecule has 0 aliphatic rings. The van der Waals surface area contributed by atoms with E-state index in [1.165, 1.54) is 0 Å². The molecule has 0 fully saturated rings. The fourth-order valence-corrected chi connectivity index (χ4v) is 0. The van der Waals surface area contributed by atoms with Crippen LogP contribution in [-0.2, 0) is 10.7 Å². The highest BCUT2D eigenvalue weighted by Crippen LogP contribution is 1.27. The second kappa shape index (κ2) is 1.32. The van der Waals surface area contributed by atoms with Crippen molar-refractivity contribution in [1.29, 1.82) is 0 Å². The number of rotatable bonds is 0. The van der Waals surface area contributed by atoms with Gasteiger partial charge in [0.05, 0.1) is 10.7 Å². The SMILES string of the molecule is C=[SH](=O)O. The van der Waals surface area contributed by atoms with Gasteiger partial charge in [-0.15, -0.1) is 0 Å². The van der Waals surface area contributed by atoms with Crippen molar-refractivity contribution in [3.63, 3.8) is 0 Å². The van der Waals surface area contributed by atoms with E-state index in [4.69, 9.17) is 8.76 Å². The maximum Gasteiger partial charge on any atom is 0.0634 e. The van der Waals surface area contributed by atoms with Crippen molar-refractivity contribution in [2.45, 2.75) is 0 Å². The van der Waals surface area contributed by atoms with E-state index in [0.717, 1.165) is 0 Å². The van der Waals surface area contributed by atoms with E-state index >= 15 is 0 Å². The summed E-state index contributed by atoms with van der Waals surface area (Å²) in [7, 11) is -2.12. The highest BCUT2D eigenvalue weighted by Gasteiger charge is 1.35. The molecule has 0 aromatic heterocycles. The molecule has 0 radical (unpaired) electrons. The fourth-order valence-electron chi connectivity index (χ4n) is 0. The predicted octanol–water partition coefficient (Wildman–Crippen LogP) is -0.628. The van der Waals surface area contributed by atoms with E-state index in [9.17, 15) is 0 Å². The molecule has 0 amide bonds. The van der Waals surface area contributed by atoms with Crippen LogP contribution in [0.4, 0.5) is 0 Å². The maximum atomic E-state index is 9.04. The number of hydrogen-bond acceptors (Lipinski definition) is 1. The minimum atomic E-state index is -2.12. The van der Waals surface area contributed by atoms with Crippen molar-refractivity contribution in [2.24, 2.45) is 0 Å². The third-order valence-electron chi connectivity index (χ3n) is 0. The molecule has 3 heteroatoms. The molecule has 0 aromatic carbocycles. The Bertz CT molecular complexity index is 54.4. The van der Waals surface area contributed by atoms with Crippen LogP contribution in [0.15, 0.2) is 0 Å². The van der Waals surface area contributed by atoms with Gasteiger partial charge in [-0.3, -0.25) is 0 Å². The molecule has 0 aliphatic carbocycles. The zero-order valence-electron chi connectivity index (χ0n) is 2.01. The second-order valence-electron chi connectivity index (χ2n) is 0.352.